The van der Waals surface area contributed by atoms with Crippen molar-refractivity contribution in [2.75, 3.05) is 32.7 Å². The van der Waals surface area contributed by atoms with E-state index in [0.29, 0.717) is 32.7 Å². The second kappa shape index (κ2) is 6.34. The third-order valence-electron chi connectivity index (χ3n) is 3.34. The molecule has 1 aliphatic heterocycles. The van der Waals surface area contributed by atoms with Crippen LogP contribution in [0.2, 0.25) is 0 Å². The molecule has 0 radical (unpaired) electrons. The Balaban J connectivity index is 2.37. The van der Waals surface area contributed by atoms with Crippen LogP contribution in [0.4, 0.5) is 0 Å². The summed E-state index contributed by atoms with van der Waals surface area (Å²) in [6.45, 7) is 10.5. The highest BCUT2D eigenvalue weighted by Gasteiger charge is 2.27. The van der Waals surface area contributed by atoms with Gasteiger partial charge < -0.3 is 15.3 Å². The van der Waals surface area contributed by atoms with Gasteiger partial charge in [-0.2, -0.15) is 0 Å². The minimum absolute atomic E-state index is 0.0741. The average Bonchev–Trinajstić information content (AvgIpc) is 2.34. The Morgan fingerprint density at radius 2 is 1.74 bits per heavy atom. The summed E-state index contributed by atoms with van der Waals surface area (Å²) in [4.78, 5) is 26.6. The van der Waals surface area contributed by atoms with E-state index in [2.05, 4.69) is 5.32 Å². The number of carboxylic acid groups (broad SMARTS) is 1. The number of nitrogens with zero attached hydrogens (tertiary/aromatic N) is 2. The molecule has 19 heavy (non-hydrogen) atoms. The summed E-state index contributed by atoms with van der Waals surface area (Å²) in [7, 11) is 0. The quantitative estimate of drug-likeness (QED) is 0.752. The lowest BCUT2D eigenvalue weighted by molar-refractivity contribution is -0.144. The third-order valence-corrected chi connectivity index (χ3v) is 3.34. The lowest BCUT2D eigenvalue weighted by atomic mass is 10.1. The number of rotatable bonds is 4. The first-order chi connectivity index (χ1) is 8.70. The third kappa shape index (κ3) is 5.16. The van der Waals surface area contributed by atoms with E-state index in [-0.39, 0.29) is 11.4 Å². The van der Waals surface area contributed by atoms with Crippen molar-refractivity contribution in [3.05, 3.63) is 0 Å². The SMILES string of the molecule is CC(C(=O)O)N1CCN(C(=O)CNC(C)(C)C)CC1. The summed E-state index contributed by atoms with van der Waals surface area (Å²) >= 11 is 0. The van der Waals surface area contributed by atoms with Gasteiger partial charge in [-0.25, -0.2) is 0 Å². The van der Waals surface area contributed by atoms with Crippen LogP contribution >= 0.6 is 0 Å². The van der Waals surface area contributed by atoms with Crippen molar-refractivity contribution in [1.82, 2.24) is 15.1 Å². The number of nitrogens with one attached hydrogen (secondary N) is 1. The van der Waals surface area contributed by atoms with Gasteiger partial charge in [0.2, 0.25) is 5.91 Å². The molecular weight excluding hydrogens is 246 g/mol. The van der Waals surface area contributed by atoms with Crippen molar-refractivity contribution in [3.8, 4) is 0 Å². The Hall–Kier alpha value is -1.14. The number of carboxylic acids is 1. The zero-order valence-corrected chi connectivity index (χ0v) is 12.3. The highest BCUT2D eigenvalue weighted by Crippen LogP contribution is 2.07. The maximum atomic E-state index is 12.0. The summed E-state index contributed by atoms with van der Waals surface area (Å²) in [6.07, 6.45) is 0. The predicted octanol–water partition coefficient (Wildman–Crippen LogP) is -0.00820. The first kappa shape index (κ1) is 15.9. The molecular formula is C13H25N3O3. The van der Waals surface area contributed by atoms with E-state index < -0.39 is 12.0 Å². The van der Waals surface area contributed by atoms with Crippen LogP contribution < -0.4 is 5.32 Å². The van der Waals surface area contributed by atoms with Gasteiger partial charge >= 0.3 is 5.97 Å². The summed E-state index contributed by atoms with van der Waals surface area (Å²) in [6, 6.07) is -0.482. The lowest BCUT2D eigenvalue weighted by Gasteiger charge is -2.37. The van der Waals surface area contributed by atoms with Crippen LogP contribution in [0.5, 0.6) is 0 Å². The van der Waals surface area contributed by atoms with Crippen LogP contribution in [-0.2, 0) is 9.59 Å². The molecule has 0 aromatic carbocycles. The van der Waals surface area contributed by atoms with Crippen LogP contribution in [-0.4, -0.2) is 71.1 Å². The zero-order chi connectivity index (χ0) is 14.6. The van der Waals surface area contributed by atoms with E-state index in [1.54, 1.807) is 11.8 Å². The Bertz CT molecular complexity index is 331. The van der Waals surface area contributed by atoms with E-state index in [4.69, 9.17) is 5.11 Å². The number of hydrogen-bond acceptors (Lipinski definition) is 4. The van der Waals surface area contributed by atoms with Crippen molar-refractivity contribution < 1.29 is 14.7 Å². The number of amides is 1. The molecule has 0 bridgehead atoms. The molecule has 1 saturated heterocycles. The van der Waals surface area contributed by atoms with Gasteiger partial charge in [-0.1, -0.05) is 0 Å². The molecule has 6 heteroatoms. The molecule has 1 aliphatic rings. The van der Waals surface area contributed by atoms with Crippen molar-refractivity contribution >= 4 is 11.9 Å². The molecule has 0 saturated carbocycles. The van der Waals surface area contributed by atoms with Gasteiger partial charge in [0, 0.05) is 31.7 Å². The first-order valence-electron chi connectivity index (χ1n) is 6.70. The molecule has 1 fully saturated rings. The van der Waals surface area contributed by atoms with Crippen LogP contribution in [0, 0.1) is 0 Å². The largest absolute Gasteiger partial charge is 0.480 e. The molecule has 0 aliphatic carbocycles. The van der Waals surface area contributed by atoms with Gasteiger partial charge in [0.15, 0.2) is 0 Å². The fraction of sp³-hybridized carbons (Fsp3) is 0.846. The van der Waals surface area contributed by atoms with Gasteiger partial charge in [-0.3, -0.25) is 14.5 Å². The van der Waals surface area contributed by atoms with Gasteiger partial charge in [-0.05, 0) is 27.7 Å². The Morgan fingerprint density at radius 1 is 1.21 bits per heavy atom. The van der Waals surface area contributed by atoms with Gasteiger partial charge in [0.05, 0.1) is 6.54 Å². The number of piperazine rings is 1. The number of carbonyl (C=O) groups excluding carboxylic acids is 1. The fourth-order valence-electron chi connectivity index (χ4n) is 1.97. The van der Waals surface area contributed by atoms with Crippen LogP contribution in [0.15, 0.2) is 0 Å². The van der Waals surface area contributed by atoms with E-state index in [9.17, 15) is 9.59 Å². The number of carbonyl (C=O) groups is 2. The van der Waals surface area contributed by atoms with Crippen molar-refractivity contribution in [2.45, 2.75) is 39.3 Å². The molecule has 1 heterocycles. The summed E-state index contributed by atoms with van der Waals surface area (Å²) in [5.74, 6) is -0.730. The molecule has 0 spiro atoms. The van der Waals surface area contributed by atoms with E-state index >= 15 is 0 Å². The van der Waals surface area contributed by atoms with Crippen molar-refractivity contribution in [1.29, 1.82) is 0 Å². The lowest BCUT2D eigenvalue weighted by Crippen LogP contribution is -2.55. The first-order valence-corrected chi connectivity index (χ1v) is 6.70. The number of aliphatic carboxylic acids is 1. The molecule has 6 nitrogen and oxygen atoms in total. The summed E-state index contributed by atoms with van der Waals surface area (Å²) in [5.41, 5.74) is -0.0741. The van der Waals surface area contributed by atoms with E-state index in [0.717, 1.165) is 0 Å². The smallest absolute Gasteiger partial charge is 0.320 e. The minimum Gasteiger partial charge on any atom is -0.480 e. The monoisotopic (exact) mass is 271 g/mol. The molecule has 110 valence electrons. The summed E-state index contributed by atoms with van der Waals surface area (Å²) in [5, 5.41) is 12.1. The standard InChI is InChI=1S/C13H25N3O3/c1-10(12(18)19)15-5-7-16(8-6-15)11(17)9-14-13(2,3)4/h10,14H,5-9H2,1-4H3,(H,18,19). The normalized spacial score (nSPS) is 19.3. The Kier molecular flexibility index (Phi) is 5.31. The Labute approximate surface area is 114 Å². The van der Waals surface area contributed by atoms with Crippen molar-refractivity contribution in [2.24, 2.45) is 0 Å². The maximum Gasteiger partial charge on any atom is 0.320 e. The molecule has 2 N–H and O–H groups in total. The van der Waals surface area contributed by atoms with E-state index in [1.807, 2.05) is 25.7 Å². The second-order valence-corrected chi connectivity index (χ2v) is 6.03. The van der Waals surface area contributed by atoms with Crippen LogP contribution in [0.25, 0.3) is 0 Å². The topological polar surface area (TPSA) is 72.9 Å². The van der Waals surface area contributed by atoms with Crippen molar-refractivity contribution in [3.63, 3.8) is 0 Å². The number of hydrogen-bond donors (Lipinski definition) is 2. The highest BCUT2D eigenvalue weighted by molar-refractivity contribution is 5.78. The molecule has 1 atom stereocenters. The van der Waals surface area contributed by atoms with Crippen LogP contribution in [0.3, 0.4) is 0 Å². The summed E-state index contributed by atoms with van der Waals surface area (Å²) < 4.78 is 0. The Morgan fingerprint density at radius 3 is 2.16 bits per heavy atom. The van der Waals surface area contributed by atoms with E-state index in [1.165, 1.54) is 0 Å². The second-order valence-electron chi connectivity index (χ2n) is 6.03. The van der Waals surface area contributed by atoms with Crippen LogP contribution in [0.1, 0.15) is 27.7 Å². The average molecular weight is 271 g/mol. The zero-order valence-electron chi connectivity index (χ0n) is 12.3. The molecule has 1 rings (SSSR count). The van der Waals surface area contributed by atoms with Gasteiger partial charge in [-0.15, -0.1) is 0 Å². The van der Waals surface area contributed by atoms with Gasteiger partial charge in [0.25, 0.3) is 0 Å². The predicted molar refractivity (Wildman–Crippen MR) is 73.0 cm³/mol. The van der Waals surface area contributed by atoms with Gasteiger partial charge in [0.1, 0.15) is 6.04 Å². The fourth-order valence-corrected chi connectivity index (χ4v) is 1.97. The molecule has 1 amide bonds. The molecule has 0 aromatic heterocycles. The highest BCUT2D eigenvalue weighted by atomic mass is 16.4. The minimum atomic E-state index is -0.811. The maximum absolute atomic E-state index is 12.0. The molecule has 0 aromatic rings. The molecule has 1 unspecified atom stereocenters.